The number of aryl methyl sites for hydroxylation is 1. The summed E-state index contributed by atoms with van der Waals surface area (Å²) in [5.41, 5.74) is 1.86. The second kappa shape index (κ2) is 6.41. The highest BCUT2D eigenvalue weighted by Crippen LogP contribution is 2.23. The lowest BCUT2D eigenvalue weighted by molar-refractivity contribution is 0.254. The summed E-state index contributed by atoms with van der Waals surface area (Å²) in [6, 6.07) is 2.88. The molecule has 2 heteroatoms. The molecule has 16 heavy (non-hydrogen) atoms. The summed E-state index contributed by atoms with van der Waals surface area (Å²) in [5, 5.41) is 8.04. The third-order valence-electron chi connectivity index (χ3n) is 3.03. The van der Waals surface area contributed by atoms with Crippen molar-refractivity contribution in [3.8, 4) is 0 Å². The van der Waals surface area contributed by atoms with Crippen molar-refractivity contribution in [2.75, 3.05) is 6.54 Å². The summed E-state index contributed by atoms with van der Waals surface area (Å²) in [6.45, 7) is 10.2. The molecular formula is C14H25NS. The van der Waals surface area contributed by atoms with E-state index < -0.39 is 0 Å². The average molecular weight is 239 g/mol. The van der Waals surface area contributed by atoms with E-state index in [1.54, 1.807) is 11.3 Å². The second-order valence-corrected chi connectivity index (χ2v) is 6.28. The van der Waals surface area contributed by atoms with E-state index >= 15 is 0 Å². The molecule has 0 aliphatic heterocycles. The maximum absolute atomic E-state index is 3.61. The van der Waals surface area contributed by atoms with Gasteiger partial charge in [-0.2, -0.15) is 11.3 Å². The van der Waals surface area contributed by atoms with Crippen LogP contribution in [0.3, 0.4) is 0 Å². The molecule has 1 N–H and O–H groups in total. The minimum Gasteiger partial charge on any atom is -0.314 e. The molecular weight excluding hydrogens is 214 g/mol. The Bertz CT molecular complexity index is 271. The van der Waals surface area contributed by atoms with Crippen LogP contribution in [-0.4, -0.2) is 12.6 Å². The Hall–Kier alpha value is -0.340. The Morgan fingerprint density at radius 2 is 2.12 bits per heavy atom. The fraction of sp³-hybridized carbons (Fsp3) is 0.714. The molecule has 92 valence electrons. The molecule has 0 aromatic carbocycles. The minimum absolute atomic E-state index is 0.366. The van der Waals surface area contributed by atoms with Crippen molar-refractivity contribution in [3.63, 3.8) is 0 Å². The van der Waals surface area contributed by atoms with Gasteiger partial charge in [0.2, 0.25) is 0 Å². The molecule has 1 unspecified atom stereocenters. The van der Waals surface area contributed by atoms with Crippen molar-refractivity contribution >= 4 is 11.3 Å². The highest BCUT2D eigenvalue weighted by Gasteiger charge is 2.22. The quantitative estimate of drug-likeness (QED) is 0.788. The summed E-state index contributed by atoms with van der Waals surface area (Å²) in [4.78, 5) is 0. The maximum Gasteiger partial charge on any atom is 0.0116 e. The van der Waals surface area contributed by atoms with Crippen LogP contribution in [0, 0.1) is 5.41 Å². The molecule has 1 heterocycles. The van der Waals surface area contributed by atoms with Gasteiger partial charge in [-0.05, 0) is 53.6 Å². The Morgan fingerprint density at radius 1 is 1.38 bits per heavy atom. The number of nitrogens with one attached hydrogen (secondary N) is 1. The molecule has 1 aromatic rings. The van der Waals surface area contributed by atoms with Gasteiger partial charge in [0.1, 0.15) is 0 Å². The molecule has 0 radical (unpaired) electrons. The lowest BCUT2D eigenvalue weighted by atomic mass is 9.83. The predicted molar refractivity (Wildman–Crippen MR) is 74.2 cm³/mol. The normalized spacial score (nSPS) is 14.0. The monoisotopic (exact) mass is 239 g/mol. The van der Waals surface area contributed by atoms with Crippen molar-refractivity contribution in [1.29, 1.82) is 0 Å². The first-order chi connectivity index (χ1) is 7.54. The Kier molecular flexibility index (Phi) is 5.50. The lowest BCUT2D eigenvalue weighted by Gasteiger charge is -2.31. The lowest BCUT2D eigenvalue weighted by Crippen LogP contribution is -2.40. The van der Waals surface area contributed by atoms with Crippen molar-refractivity contribution < 1.29 is 0 Å². The van der Waals surface area contributed by atoms with E-state index in [1.165, 1.54) is 24.8 Å². The van der Waals surface area contributed by atoms with E-state index in [4.69, 9.17) is 0 Å². The molecule has 1 nitrogen and oxygen atoms in total. The summed E-state index contributed by atoms with van der Waals surface area (Å²) in [6.07, 6.45) is 3.78. The van der Waals surface area contributed by atoms with E-state index in [9.17, 15) is 0 Å². The molecule has 0 amide bonds. The fourth-order valence-corrected chi connectivity index (χ4v) is 2.74. The van der Waals surface area contributed by atoms with Crippen LogP contribution in [-0.2, 0) is 6.42 Å². The van der Waals surface area contributed by atoms with Crippen LogP contribution < -0.4 is 5.32 Å². The SMILES string of the molecule is CCNC(CCCc1ccsc1)C(C)(C)C. The van der Waals surface area contributed by atoms with Gasteiger partial charge in [-0.1, -0.05) is 27.7 Å². The van der Waals surface area contributed by atoms with Crippen LogP contribution in [0.4, 0.5) is 0 Å². The highest BCUT2D eigenvalue weighted by molar-refractivity contribution is 7.07. The Labute approximate surface area is 104 Å². The van der Waals surface area contributed by atoms with Crippen LogP contribution in [0.1, 0.15) is 46.1 Å². The first-order valence-electron chi connectivity index (χ1n) is 6.28. The van der Waals surface area contributed by atoms with E-state index in [1.807, 2.05) is 0 Å². The molecule has 1 atom stereocenters. The van der Waals surface area contributed by atoms with Gasteiger partial charge in [-0.3, -0.25) is 0 Å². The molecule has 1 rings (SSSR count). The molecule has 1 aromatic heterocycles. The number of hydrogen-bond donors (Lipinski definition) is 1. The van der Waals surface area contributed by atoms with E-state index in [0.717, 1.165) is 6.54 Å². The van der Waals surface area contributed by atoms with Crippen LogP contribution in [0.2, 0.25) is 0 Å². The van der Waals surface area contributed by atoms with E-state index in [-0.39, 0.29) is 0 Å². The Morgan fingerprint density at radius 3 is 2.62 bits per heavy atom. The third-order valence-corrected chi connectivity index (χ3v) is 3.77. The van der Waals surface area contributed by atoms with Crippen molar-refractivity contribution in [2.45, 2.75) is 53.0 Å². The average Bonchev–Trinajstić information content (AvgIpc) is 2.67. The first-order valence-corrected chi connectivity index (χ1v) is 7.22. The molecule has 0 aliphatic rings. The standard InChI is InChI=1S/C14H25NS/c1-5-15-13(14(2,3)4)8-6-7-12-9-10-16-11-12/h9-11,13,15H,5-8H2,1-4H3. The highest BCUT2D eigenvalue weighted by atomic mass is 32.1. The fourth-order valence-electron chi connectivity index (χ4n) is 2.03. The van der Waals surface area contributed by atoms with Crippen LogP contribution >= 0.6 is 11.3 Å². The number of rotatable bonds is 6. The third kappa shape index (κ3) is 4.67. The van der Waals surface area contributed by atoms with Gasteiger partial charge in [0.15, 0.2) is 0 Å². The second-order valence-electron chi connectivity index (χ2n) is 5.50. The zero-order valence-electron chi connectivity index (χ0n) is 11.0. The maximum atomic E-state index is 3.61. The summed E-state index contributed by atoms with van der Waals surface area (Å²) in [5.74, 6) is 0. The van der Waals surface area contributed by atoms with Gasteiger partial charge >= 0.3 is 0 Å². The van der Waals surface area contributed by atoms with Gasteiger partial charge in [-0.25, -0.2) is 0 Å². The van der Waals surface area contributed by atoms with Gasteiger partial charge < -0.3 is 5.32 Å². The number of hydrogen-bond acceptors (Lipinski definition) is 2. The van der Waals surface area contributed by atoms with Gasteiger partial charge in [0, 0.05) is 6.04 Å². The number of thiophene rings is 1. The van der Waals surface area contributed by atoms with Crippen LogP contribution in [0.15, 0.2) is 16.8 Å². The molecule has 0 bridgehead atoms. The largest absolute Gasteiger partial charge is 0.314 e. The Balaban J connectivity index is 2.33. The summed E-state index contributed by atoms with van der Waals surface area (Å²) < 4.78 is 0. The van der Waals surface area contributed by atoms with E-state index in [2.05, 4.69) is 49.8 Å². The van der Waals surface area contributed by atoms with Crippen molar-refractivity contribution in [3.05, 3.63) is 22.4 Å². The van der Waals surface area contributed by atoms with Crippen molar-refractivity contribution in [1.82, 2.24) is 5.32 Å². The van der Waals surface area contributed by atoms with Gasteiger partial charge in [-0.15, -0.1) is 0 Å². The minimum atomic E-state index is 0.366. The van der Waals surface area contributed by atoms with Gasteiger partial charge in [0.05, 0.1) is 0 Å². The van der Waals surface area contributed by atoms with Crippen molar-refractivity contribution in [2.24, 2.45) is 5.41 Å². The molecule has 0 aliphatic carbocycles. The van der Waals surface area contributed by atoms with Crippen LogP contribution in [0.5, 0.6) is 0 Å². The molecule has 0 saturated heterocycles. The predicted octanol–water partition coefficient (Wildman–Crippen LogP) is 4.10. The molecule has 0 fully saturated rings. The molecule has 0 spiro atoms. The summed E-state index contributed by atoms with van der Waals surface area (Å²) >= 11 is 1.80. The topological polar surface area (TPSA) is 12.0 Å². The summed E-state index contributed by atoms with van der Waals surface area (Å²) in [7, 11) is 0. The zero-order valence-corrected chi connectivity index (χ0v) is 11.9. The van der Waals surface area contributed by atoms with Crippen LogP contribution in [0.25, 0.3) is 0 Å². The van der Waals surface area contributed by atoms with E-state index in [0.29, 0.717) is 11.5 Å². The van der Waals surface area contributed by atoms with Gasteiger partial charge in [0.25, 0.3) is 0 Å². The first kappa shape index (κ1) is 13.7. The smallest absolute Gasteiger partial charge is 0.0116 e. The molecule has 0 saturated carbocycles. The zero-order chi connectivity index (χ0) is 12.0.